The van der Waals surface area contributed by atoms with Crippen LogP contribution in [0.15, 0.2) is 18.2 Å². The van der Waals surface area contributed by atoms with Crippen LogP contribution in [0.5, 0.6) is 0 Å². The van der Waals surface area contributed by atoms with E-state index in [-0.39, 0.29) is 0 Å². The van der Waals surface area contributed by atoms with Crippen molar-refractivity contribution in [2.24, 2.45) is 0 Å². The summed E-state index contributed by atoms with van der Waals surface area (Å²) in [4.78, 5) is 11.8. The Balaban J connectivity index is 2.85. The van der Waals surface area contributed by atoms with Crippen LogP contribution in [0, 0.1) is 0 Å². The average Bonchev–Trinajstić information content (AvgIpc) is 2.28. The standard InChI is InChI=1S/C15H21Cl2NO3/c1-14(2,3)21-13(20)18-15(4,5)12(19)9-6-7-10(16)11(17)8-9/h6-8,12,19H,1-5H3,(H,18,20). The Morgan fingerprint density at radius 2 is 1.76 bits per heavy atom. The number of ether oxygens (including phenoxy) is 1. The molecule has 0 saturated carbocycles. The fourth-order valence-electron chi connectivity index (χ4n) is 1.73. The number of aliphatic hydroxyl groups excluding tert-OH is 1. The Hall–Kier alpha value is -0.970. The number of carbonyl (C=O) groups is 1. The third-order valence-corrected chi connectivity index (χ3v) is 3.51. The van der Waals surface area contributed by atoms with E-state index in [0.717, 1.165) is 0 Å². The summed E-state index contributed by atoms with van der Waals surface area (Å²) in [7, 11) is 0. The zero-order valence-corrected chi connectivity index (χ0v) is 14.3. The van der Waals surface area contributed by atoms with Gasteiger partial charge in [0, 0.05) is 0 Å². The average molecular weight is 334 g/mol. The molecular formula is C15H21Cl2NO3. The number of hydrogen-bond acceptors (Lipinski definition) is 3. The third kappa shape index (κ3) is 5.38. The molecule has 0 aliphatic rings. The van der Waals surface area contributed by atoms with Crippen LogP contribution in [0.25, 0.3) is 0 Å². The lowest BCUT2D eigenvalue weighted by Crippen LogP contribution is -2.49. The van der Waals surface area contributed by atoms with Crippen LogP contribution in [0.2, 0.25) is 10.0 Å². The Morgan fingerprint density at radius 3 is 2.24 bits per heavy atom. The van der Waals surface area contributed by atoms with Crippen LogP contribution in [-0.4, -0.2) is 22.3 Å². The summed E-state index contributed by atoms with van der Waals surface area (Å²) in [5, 5.41) is 13.9. The van der Waals surface area contributed by atoms with Crippen LogP contribution in [0.1, 0.15) is 46.3 Å². The predicted molar refractivity (Wildman–Crippen MR) is 84.9 cm³/mol. The van der Waals surface area contributed by atoms with Gasteiger partial charge in [0.25, 0.3) is 0 Å². The lowest BCUT2D eigenvalue weighted by Gasteiger charge is -2.33. The Labute approximate surface area is 135 Å². The molecule has 0 heterocycles. The van der Waals surface area contributed by atoms with Crippen LogP contribution in [0.4, 0.5) is 4.79 Å². The van der Waals surface area contributed by atoms with E-state index >= 15 is 0 Å². The second kappa shape index (κ2) is 6.42. The first kappa shape index (κ1) is 18.1. The Morgan fingerprint density at radius 1 is 1.19 bits per heavy atom. The van der Waals surface area contributed by atoms with Crippen LogP contribution in [0.3, 0.4) is 0 Å². The molecule has 0 radical (unpaired) electrons. The second-order valence-corrected chi connectivity index (χ2v) is 7.24. The van der Waals surface area contributed by atoms with Crippen molar-refractivity contribution in [3.8, 4) is 0 Å². The number of alkyl carbamates (subject to hydrolysis) is 1. The van der Waals surface area contributed by atoms with Crippen molar-refractivity contribution in [1.29, 1.82) is 0 Å². The fraction of sp³-hybridized carbons (Fsp3) is 0.533. The lowest BCUT2D eigenvalue weighted by molar-refractivity contribution is 0.0291. The molecule has 0 spiro atoms. The first-order valence-corrected chi connectivity index (χ1v) is 7.32. The summed E-state index contributed by atoms with van der Waals surface area (Å²) >= 11 is 11.8. The third-order valence-electron chi connectivity index (χ3n) is 2.77. The smallest absolute Gasteiger partial charge is 0.408 e. The highest BCUT2D eigenvalue weighted by Crippen LogP contribution is 2.30. The van der Waals surface area contributed by atoms with Gasteiger partial charge in [0.15, 0.2) is 0 Å². The van der Waals surface area contributed by atoms with E-state index in [1.54, 1.807) is 52.8 Å². The molecule has 1 aromatic carbocycles. The van der Waals surface area contributed by atoms with Gasteiger partial charge >= 0.3 is 6.09 Å². The van der Waals surface area contributed by atoms with E-state index in [0.29, 0.717) is 15.6 Å². The molecule has 1 rings (SSSR count). The largest absolute Gasteiger partial charge is 0.444 e. The second-order valence-electron chi connectivity index (χ2n) is 6.42. The van der Waals surface area contributed by atoms with E-state index in [9.17, 15) is 9.90 Å². The van der Waals surface area contributed by atoms with Gasteiger partial charge in [-0.25, -0.2) is 4.79 Å². The zero-order chi connectivity index (χ0) is 16.4. The molecule has 0 saturated heterocycles. The molecule has 0 bridgehead atoms. The van der Waals surface area contributed by atoms with E-state index in [1.807, 2.05) is 0 Å². The number of hydrogen-bond donors (Lipinski definition) is 2. The summed E-state index contributed by atoms with van der Waals surface area (Å²) < 4.78 is 5.19. The van der Waals surface area contributed by atoms with Gasteiger partial charge in [0.05, 0.1) is 15.6 Å². The number of nitrogens with one attached hydrogen (secondary N) is 1. The molecule has 4 nitrogen and oxygen atoms in total. The molecule has 1 amide bonds. The molecule has 6 heteroatoms. The zero-order valence-electron chi connectivity index (χ0n) is 12.8. The van der Waals surface area contributed by atoms with Crippen LogP contribution < -0.4 is 5.32 Å². The molecule has 0 aromatic heterocycles. The topological polar surface area (TPSA) is 58.6 Å². The van der Waals surface area contributed by atoms with Gasteiger partial charge in [0.2, 0.25) is 0 Å². The molecule has 0 aliphatic carbocycles. The number of aliphatic hydroxyl groups is 1. The highest BCUT2D eigenvalue weighted by molar-refractivity contribution is 6.42. The Bertz CT molecular complexity index is 524. The summed E-state index contributed by atoms with van der Waals surface area (Å²) in [6.45, 7) is 8.72. The van der Waals surface area contributed by atoms with E-state index in [1.165, 1.54) is 0 Å². The van der Waals surface area contributed by atoms with Crippen LogP contribution in [-0.2, 0) is 4.74 Å². The van der Waals surface area contributed by atoms with Crippen molar-refractivity contribution < 1.29 is 14.6 Å². The number of rotatable bonds is 3. The SMILES string of the molecule is CC(C)(C)OC(=O)NC(C)(C)C(O)c1ccc(Cl)c(Cl)c1. The van der Waals surface area contributed by atoms with Gasteiger partial charge in [-0.3, -0.25) is 0 Å². The summed E-state index contributed by atoms with van der Waals surface area (Å²) in [5.74, 6) is 0. The van der Waals surface area contributed by atoms with Crippen molar-refractivity contribution in [2.45, 2.75) is 51.9 Å². The maximum atomic E-state index is 11.8. The molecule has 118 valence electrons. The number of carbonyl (C=O) groups excluding carboxylic acids is 1. The van der Waals surface area contributed by atoms with E-state index in [4.69, 9.17) is 27.9 Å². The molecule has 0 fully saturated rings. The van der Waals surface area contributed by atoms with Gasteiger partial charge < -0.3 is 15.2 Å². The van der Waals surface area contributed by atoms with Crippen molar-refractivity contribution in [1.82, 2.24) is 5.32 Å². The van der Waals surface area contributed by atoms with Crippen molar-refractivity contribution in [3.05, 3.63) is 33.8 Å². The number of benzene rings is 1. The molecule has 21 heavy (non-hydrogen) atoms. The minimum Gasteiger partial charge on any atom is -0.444 e. The molecular weight excluding hydrogens is 313 g/mol. The normalized spacial score (nSPS) is 13.7. The highest BCUT2D eigenvalue weighted by Gasteiger charge is 2.32. The minimum absolute atomic E-state index is 0.348. The minimum atomic E-state index is -0.959. The van der Waals surface area contributed by atoms with Crippen molar-refractivity contribution in [2.75, 3.05) is 0 Å². The summed E-state index contributed by atoms with van der Waals surface area (Å²) in [6.07, 6.45) is -1.55. The Kier molecular flexibility index (Phi) is 5.53. The van der Waals surface area contributed by atoms with Gasteiger partial charge in [-0.1, -0.05) is 29.3 Å². The quantitative estimate of drug-likeness (QED) is 0.865. The monoisotopic (exact) mass is 333 g/mol. The molecule has 1 atom stereocenters. The van der Waals surface area contributed by atoms with E-state index < -0.39 is 23.3 Å². The predicted octanol–water partition coefficient (Wildman–Crippen LogP) is 4.33. The van der Waals surface area contributed by atoms with Crippen molar-refractivity contribution >= 4 is 29.3 Å². The summed E-state index contributed by atoms with van der Waals surface area (Å²) in [6, 6.07) is 4.84. The molecule has 1 aromatic rings. The highest BCUT2D eigenvalue weighted by atomic mass is 35.5. The van der Waals surface area contributed by atoms with Gasteiger partial charge in [-0.15, -0.1) is 0 Å². The maximum Gasteiger partial charge on any atom is 0.408 e. The first-order valence-electron chi connectivity index (χ1n) is 6.56. The maximum absolute atomic E-state index is 11.8. The lowest BCUT2D eigenvalue weighted by atomic mass is 9.91. The number of halogens is 2. The number of amides is 1. The van der Waals surface area contributed by atoms with Gasteiger partial charge in [-0.2, -0.15) is 0 Å². The van der Waals surface area contributed by atoms with Gasteiger partial charge in [0.1, 0.15) is 11.7 Å². The summed E-state index contributed by atoms with van der Waals surface area (Å²) in [5.41, 5.74) is -0.973. The van der Waals surface area contributed by atoms with Crippen molar-refractivity contribution in [3.63, 3.8) is 0 Å². The fourth-order valence-corrected chi connectivity index (χ4v) is 2.04. The molecule has 2 N–H and O–H groups in total. The molecule has 0 aliphatic heterocycles. The van der Waals surface area contributed by atoms with Crippen LogP contribution >= 0.6 is 23.2 Å². The van der Waals surface area contributed by atoms with E-state index in [2.05, 4.69) is 5.32 Å². The first-order chi connectivity index (χ1) is 9.42. The molecule has 1 unspecified atom stereocenters. The van der Waals surface area contributed by atoms with Gasteiger partial charge in [-0.05, 0) is 52.3 Å².